The topological polar surface area (TPSA) is 39.2 Å². The number of carbonyl (C=O) groups excluding carboxylic acids is 1. The molecule has 0 unspecified atom stereocenters. The molecule has 1 aromatic heterocycles. The maximum Gasteiger partial charge on any atom is 0.350 e. The molecule has 0 N–H and O–H groups in total. The van der Waals surface area contributed by atoms with Gasteiger partial charge >= 0.3 is 5.97 Å². The Labute approximate surface area is 118 Å². The van der Waals surface area contributed by atoms with Crippen molar-refractivity contribution in [3.05, 3.63) is 38.6 Å². The Hall–Kier alpha value is -1.10. The molecule has 0 radical (unpaired) electrons. The van der Waals surface area contributed by atoms with Gasteiger partial charge in [-0.3, -0.25) is 0 Å². The van der Waals surface area contributed by atoms with Gasteiger partial charge in [0.2, 0.25) is 0 Å². The van der Waals surface area contributed by atoms with E-state index in [1.54, 1.807) is 30.6 Å². The Kier molecular flexibility index (Phi) is 4.22. The number of aromatic nitrogens is 1. The van der Waals surface area contributed by atoms with Gasteiger partial charge in [-0.1, -0.05) is 23.2 Å². The molecule has 3 nitrogen and oxygen atoms in total. The summed E-state index contributed by atoms with van der Waals surface area (Å²) in [7, 11) is 0. The van der Waals surface area contributed by atoms with Crippen LogP contribution in [0.15, 0.2) is 23.7 Å². The maximum absolute atomic E-state index is 11.8. The highest BCUT2D eigenvalue weighted by Crippen LogP contribution is 2.33. The Morgan fingerprint density at radius 3 is 2.89 bits per heavy atom. The lowest BCUT2D eigenvalue weighted by Gasteiger charge is -2.05. The predicted octanol–water partition coefficient (Wildman–Crippen LogP) is 4.29. The molecular formula is C12H9Cl2NO2S. The number of esters is 1. The third-order valence-corrected chi connectivity index (χ3v) is 3.57. The number of hydrogen-bond donors (Lipinski definition) is 0. The Morgan fingerprint density at radius 1 is 1.44 bits per heavy atom. The van der Waals surface area contributed by atoms with Crippen molar-refractivity contribution in [3.63, 3.8) is 0 Å². The van der Waals surface area contributed by atoms with E-state index in [0.29, 0.717) is 32.8 Å². The lowest BCUT2D eigenvalue weighted by molar-refractivity contribution is 0.0532. The van der Waals surface area contributed by atoms with Crippen molar-refractivity contribution in [2.45, 2.75) is 6.92 Å². The van der Waals surface area contributed by atoms with Crippen LogP contribution in [0.4, 0.5) is 0 Å². The molecule has 18 heavy (non-hydrogen) atoms. The molecule has 0 aliphatic rings. The first-order valence-corrected chi connectivity index (χ1v) is 6.83. The summed E-state index contributed by atoms with van der Waals surface area (Å²) >= 11 is 13.2. The fourth-order valence-corrected chi connectivity index (χ4v) is 2.65. The summed E-state index contributed by atoms with van der Waals surface area (Å²) in [4.78, 5) is 16.4. The summed E-state index contributed by atoms with van der Waals surface area (Å²) in [5.74, 6) is -0.388. The minimum Gasteiger partial charge on any atom is -0.462 e. The molecule has 0 bridgehead atoms. The SMILES string of the molecule is CCOC(=O)c1scnc1-c1ccc(Cl)cc1Cl. The molecule has 0 saturated heterocycles. The number of carbonyl (C=O) groups is 1. The van der Waals surface area contributed by atoms with Gasteiger partial charge in [0.15, 0.2) is 0 Å². The van der Waals surface area contributed by atoms with Gasteiger partial charge in [-0.2, -0.15) is 0 Å². The summed E-state index contributed by atoms with van der Waals surface area (Å²) in [6.45, 7) is 2.08. The number of rotatable bonds is 3. The van der Waals surface area contributed by atoms with E-state index < -0.39 is 0 Å². The second-order valence-corrected chi connectivity index (χ2v) is 5.07. The molecule has 2 rings (SSSR count). The van der Waals surface area contributed by atoms with E-state index in [2.05, 4.69) is 4.98 Å². The fraction of sp³-hybridized carbons (Fsp3) is 0.167. The van der Waals surface area contributed by atoms with Crippen molar-refractivity contribution in [1.82, 2.24) is 4.98 Å². The highest BCUT2D eigenvalue weighted by atomic mass is 35.5. The lowest BCUT2D eigenvalue weighted by Crippen LogP contribution is -2.04. The van der Waals surface area contributed by atoms with Gasteiger partial charge in [0.05, 0.1) is 22.8 Å². The van der Waals surface area contributed by atoms with Gasteiger partial charge in [-0.05, 0) is 25.1 Å². The van der Waals surface area contributed by atoms with Crippen LogP contribution in [0.2, 0.25) is 10.0 Å². The average Bonchev–Trinajstić information content (AvgIpc) is 2.78. The molecule has 0 fully saturated rings. The van der Waals surface area contributed by atoms with E-state index in [-0.39, 0.29) is 5.97 Å². The molecule has 0 spiro atoms. The third kappa shape index (κ3) is 2.66. The van der Waals surface area contributed by atoms with Crippen molar-refractivity contribution in [3.8, 4) is 11.3 Å². The van der Waals surface area contributed by atoms with Crippen molar-refractivity contribution in [2.24, 2.45) is 0 Å². The standard InChI is InChI=1S/C12H9Cl2NO2S/c1-2-17-12(16)11-10(15-6-18-11)8-4-3-7(13)5-9(8)14/h3-6H,2H2,1H3. The smallest absolute Gasteiger partial charge is 0.350 e. The monoisotopic (exact) mass is 301 g/mol. The van der Waals surface area contributed by atoms with Gasteiger partial charge in [-0.25, -0.2) is 9.78 Å². The molecule has 1 aromatic carbocycles. The number of hydrogen-bond acceptors (Lipinski definition) is 4. The normalized spacial score (nSPS) is 10.4. The van der Waals surface area contributed by atoms with Crippen LogP contribution in [0.25, 0.3) is 11.3 Å². The van der Waals surface area contributed by atoms with Crippen LogP contribution < -0.4 is 0 Å². The summed E-state index contributed by atoms with van der Waals surface area (Å²) in [6.07, 6.45) is 0. The van der Waals surface area contributed by atoms with E-state index in [4.69, 9.17) is 27.9 Å². The average molecular weight is 302 g/mol. The summed E-state index contributed by atoms with van der Waals surface area (Å²) in [6, 6.07) is 5.06. The maximum atomic E-state index is 11.8. The molecule has 0 amide bonds. The van der Waals surface area contributed by atoms with Crippen LogP contribution >= 0.6 is 34.5 Å². The van der Waals surface area contributed by atoms with E-state index in [9.17, 15) is 4.79 Å². The van der Waals surface area contributed by atoms with Gasteiger partial charge in [0.25, 0.3) is 0 Å². The summed E-state index contributed by atoms with van der Waals surface area (Å²) < 4.78 is 4.97. The van der Waals surface area contributed by atoms with E-state index in [1.807, 2.05) is 0 Å². The molecule has 0 saturated carbocycles. The zero-order valence-electron chi connectivity index (χ0n) is 9.44. The Balaban J connectivity index is 2.45. The first-order chi connectivity index (χ1) is 8.63. The third-order valence-electron chi connectivity index (χ3n) is 2.21. The van der Waals surface area contributed by atoms with Crippen LogP contribution in [0.5, 0.6) is 0 Å². The summed E-state index contributed by atoms with van der Waals surface area (Å²) in [5.41, 5.74) is 2.79. The van der Waals surface area contributed by atoms with Gasteiger partial charge < -0.3 is 4.74 Å². The number of halogens is 2. The number of benzene rings is 1. The van der Waals surface area contributed by atoms with Crippen molar-refractivity contribution >= 4 is 40.5 Å². The van der Waals surface area contributed by atoms with Gasteiger partial charge in [0, 0.05) is 10.6 Å². The first-order valence-electron chi connectivity index (χ1n) is 5.19. The minimum absolute atomic E-state index is 0.324. The van der Waals surface area contributed by atoms with Gasteiger partial charge in [-0.15, -0.1) is 11.3 Å². The number of nitrogens with zero attached hydrogens (tertiary/aromatic N) is 1. The van der Waals surface area contributed by atoms with Crippen LogP contribution in [0.1, 0.15) is 16.6 Å². The lowest BCUT2D eigenvalue weighted by atomic mass is 10.1. The van der Waals surface area contributed by atoms with Crippen molar-refractivity contribution in [1.29, 1.82) is 0 Å². The van der Waals surface area contributed by atoms with Crippen molar-refractivity contribution < 1.29 is 9.53 Å². The summed E-state index contributed by atoms with van der Waals surface area (Å²) in [5, 5.41) is 0.996. The predicted molar refractivity (Wildman–Crippen MR) is 73.5 cm³/mol. The fourth-order valence-electron chi connectivity index (χ4n) is 1.46. The zero-order valence-corrected chi connectivity index (χ0v) is 11.8. The highest BCUT2D eigenvalue weighted by molar-refractivity contribution is 7.12. The molecule has 0 aliphatic heterocycles. The van der Waals surface area contributed by atoms with Gasteiger partial charge in [0.1, 0.15) is 4.88 Å². The Bertz CT molecular complexity index is 583. The first kappa shape index (κ1) is 13.3. The van der Waals surface area contributed by atoms with Crippen LogP contribution in [-0.4, -0.2) is 17.6 Å². The molecule has 94 valence electrons. The van der Waals surface area contributed by atoms with E-state index in [0.717, 1.165) is 0 Å². The van der Waals surface area contributed by atoms with E-state index >= 15 is 0 Å². The largest absolute Gasteiger partial charge is 0.462 e. The van der Waals surface area contributed by atoms with Crippen LogP contribution in [0.3, 0.4) is 0 Å². The second-order valence-electron chi connectivity index (χ2n) is 3.37. The second kappa shape index (κ2) is 5.69. The highest BCUT2D eigenvalue weighted by Gasteiger charge is 2.19. The molecule has 1 heterocycles. The number of thiazole rings is 1. The Morgan fingerprint density at radius 2 is 2.22 bits per heavy atom. The molecular weight excluding hydrogens is 293 g/mol. The molecule has 0 aliphatic carbocycles. The molecule has 0 atom stereocenters. The van der Waals surface area contributed by atoms with Crippen LogP contribution in [0, 0.1) is 0 Å². The van der Waals surface area contributed by atoms with Crippen LogP contribution in [-0.2, 0) is 4.74 Å². The van der Waals surface area contributed by atoms with E-state index in [1.165, 1.54) is 11.3 Å². The zero-order chi connectivity index (χ0) is 13.1. The van der Waals surface area contributed by atoms with Crippen molar-refractivity contribution in [2.75, 3.05) is 6.61 Å². The molecule has 6 heteroatoms. The number of ether oxygens (including phenoxy) is 1. The quantitative estimate of drug-likeness (QED) is 0.794. The minimum atomic E-state index is -0.388. The molecule has 2 aromatic rings.